The van der Waals surface area contributed by atoms with Crippen LogP contribution in [0.5, 0.6) is 0 Å². The number of hydrogen-bond donors (Lipinski definition) is 1. The fourth-order valence-corrected chi connectivity index (χ4v) is 4.53. The van der Waals surface area contributed by atoms with E-state index in [1.165, 1.54) is 17.2 Å². The van der Waals surface area contributed by atoms with Gasteiger partial charge in [0.1, 0.15) is 5.82 Å². The van der Waals surface area contributed by atoms with E-state index in [-0.39, 0.29) is 17.9 Å². The highest BCUT2D eigenvalue weighted by Crippen LogP contribution is 2.36. The highest BCUT2D eigenvalue weighted by molar-refractivity contribution is 7.99. The monoisotopic (exact) mass is 342 g/mol. The number of hydrogen-bond acceptors (Lipinski definition) is 2. The van der Waals surface area contributed by atoms with E-state index in [1.54, 1.807) is 17.8 Å². The van der Waals surface area contributed by atoms with Gasteiger partial charge in [-0.15, -0.1) is 11.8 Å². The average Bonchev–Trinajstić information content (AvgIpc) is 2.62. The van der Waals surface area contributed by atoms with Crippen LogP contribution >= 0.6 is 11.8 Å². The van der Waals surface area contributed by atoms with E-state index in [2.05, 4.69) is 17.4 Å². The minimum Gasteiger partial charge on any atom is -0.331 e. The Kier molecular flexibility index (Phi) is 4.19. The van der Waals surface area contributed by atoms with Crippen LogP contribution in [0, 0.1) is 5.82 Å². The number of carbonyl (C=O) groups is 1. The van der Waals surface area contributed by atoms with E-state index < -0.39 is 0 Å². The minimum absolute atomic E-state index is 0.0587. The molecule has 1 atom stereocenters. The fourth-order valence-electron chi connectivity index (χ4n) is 3.42. The highest BCUT2D eigenvalue weighted by Gasteiger charge is 2.26. The van der Waals surface area contributed by atoms with Gasteiger partial charge in [0.15, 0.2) is 0 Å². The van der Waals surface area contributed by atoms with Crippen molar-refractivity contribution in [1.82, 2.24) is 10.2 Å². The molecule has 2 aromatic rings. The van der Waals surface area contributed by atoms with Gasteiger partial charge in [-0.1, -0.05) is 24.3 Å². The molecule has 0 aromatic heterocycles. The zero-order valence-electron chi connectivity index (χ0n) is 13.3. The summed E-state index contributed by atoms with van der Waals surface area (Å²) in [6.07, 6.45) is 1.71. The smallest absolute Gasteiger partial charge is 0.318 e. The molecule has 0 spiro atoms. The Morgan fingerprint density at radius 3 is 2.92 bits per heavy atom. The van der Waals surface area contributed by atoms with Gasteiger partial charge >= 0.3 is 6.03 Å². The zero-order chi connectivity index (χ0) is 16.5. The lowest BCUT2D eigenvalue weighted by Crippen LogP contribution is -2.44. The lowest BCUT2D eigenvalue weighted by atomic mass is 10.00. The molecule has 4 rings (SSSR count). The Bertz CT molecular complexity index is 780. The van der Waals surface area contributed by atoms with Crippen LogP contribution in [0.2, 0.25) is 0 Å². The Balaban J connectivity index is 1.49. The van der Waals surface area contributed by atoms with Crippen molar-refractivity contribution >= 4 is 17.8 Å². The van der Waals surface area contributed by atoms with Crippen LogP contribution in [0.3, 0.4) is 0 Å². The van der Waals surface area contributed by atoms with Gasteiger partial charge in [-0.25, -0.2) is 9.18 Å². The second kappa shape index (κ2) is 6.48. The number of carbonyl (C=O) groups excluding carboxylic acids is 1. The molecule has 5 heteroatoms. The third-order valence-corrected chi connectivity index (χ3v) is 5.85. The highest BCUT2D eigenvalue weighted by atomic mass is 32.2. The van der Waals surface area contributed by atoms with Gasteiger partial charge in [-0.05, 0) is 47.7 Å². The summed E-state index contributed by atoms with van der Waals surface area (Å²) in [6.45, 7) is 1.36. The van der Waals surface area contributed by atoms with E-state index >= 15 is 0 Å². The number of amides is 2. The normalized spacial score (nSPS) is 19.4. The first kappa shape index (κ1) is 15.5. The third-order valence-electron chi connectivity index (χ3n) is 4.73. The summed E-state index contributed by atoms with van der Waals surface area (Å²) in [7, 11) is 0. The van der Waals surface area contributed by atoms with Gasteiger partial charge in [0.25, 0.3) is 0 Å². The molecule has 0 bridgehead atoms. The quantitative estimate of drug-likeness (QED) is 0.845. The van der Waals surface area contributed by atoms with Crippen LogP contribution in [0.15, 0.2) is 47.4 Å². The van der Waals surface area contributed by atoms with Gasteiger partial charge in [-0.3, -0.25) is 0 Å². The molecular formula is C19H19FN2OS. The maximum absolute atomic E-state index is 13.6. The van der Waals surface area contributed by atoms with Gasteiger partial charge < -0.3 is 10.2 Å². The van der Waals surface area contributed by atoms with Crippen LogP contribution < -0.4 is 5.32 Å². The molecule has 124 valence electrons. The van der Waals surface area contributed by atoms with E-state index in [0.717, 1.165) is 35.6 Å². The summed E-state index contributed by atoms with van der Waals surface area (Å²) in [5.74, 6) is 0.689. The molecule has 0 saturated heterocycles. The molecule has 2 heterocycles. The van der Waals surface area contributed by atoms with Crippen LogP contribution in [0.25, 0.3) is 0 Å². The third kappa shape index (κ3) is 3.00. The number of urea groups is 1. The Labute approximate surface area is 145 Å². The van der Waals surface area contributed by atoms with Crippen molar-refractivity contribution in [3.63, 3.8) is 0 Å². The average molecular weight is 342 g/mol. The molecule has 0 saturated carbocycles. The number of benzene rings is 2. The fraction of sp³-hybridized carbons (Fsp3) is 0.316. The van der Waals surface area contributed by atoms with Crippen LogP contribution in [0.4, 0.5) is 9.18 Å². The minimum atomic E-state index is -0.248. The van der Waals surface area contributed by atoms with Crippen LogP contribution in [-0.2, 0) is 13.0 Å². The van der Waals surface area contributed by atoms with Crippen molar-refractivity contribution in [3.8, 4) is 0 Å². The number of nitrogens with one attached hydrogen (secondary N) is 1. The number of rotatable bonds is 1. The second-order valence-corrected chi connectivity index (χ2v) is 7.40. The molecular weight excluding hydrogens is 323 g/mol. The zero-order valence-corrected chi connectivity index (χ0v) is 14.1. The largest absolute Gasteiger partial charge is 0.331 e. The molecule has 3 nitrogen and oxygen atoms in total. The second-order valence-electron chi connectivity index (χ2n) is 6.26. The number of halogens is 1. The maximum Gasteiger partial charge on any atom is 0.318 e. The van der Waals surface area contributed by atoms with E-state index in [9.17, 15) is 9.18 Å². The summed E-state index contributed by atoms with van der Waals surface area (Å²) < 4.78 is 13.6. The van der Waals surface area contributed by atoms with E-state index in [4.69, 9.17) is 0 Å². The van der Waals surface area contributed by atoms with Crippen molar-refractivity contribution in [2.75, 3.05) is 12.3 Å². The summed E-state index contributed by atoms with van der Waals surface area (Å²) in [4.78, 5) is 15.6. The topological polar surface area (TPSA) is 32.3 Å². The lowest BCUT2D eigenvalue weighted by Gasteiger charge is -2.32. The Hall–Kier alpha value is -2.01. The molecule has 1 N–H and O–H groups in total. The predicted octanol–water partition coefficient (Wildman–Crippen LogP) is 4.13. The van der Waals surface area contributed by atoms with Gasteiger partial charge in [0.2, 0.25) is 0 Å². The molecule has 2 aliphatic rings. The molecule has 2 amide bonds. The molecule has 1 unspecified atom stereocenters. The van der Waals surface area contributed by atoms with Crippen molar-refractivity contribution in [1.29, 1.82) is 0 Å². The SMILES string of the molecule is O=C(NC1CCSc2ccc(F)cc21)N1CCc2ccccc2C1. The first-order valence-corrected chi connectivity index (χ1v) is 9.24. The Morgan fingerprint density at radius 1 is 1.21 bits per heavy atom. The van der Waals surface area contributed by atoms with Crippen molar-refractivity contribution in [2.24, 2.45) is 0 Å². The predicted molar refractivity (Wildman–Crippen MR) is 93.6 cm³/mol. The summed E-state index contributed by atoms with van der Waals surface area (Å²) >= 11 is 1.72. The standard InChI is InChI=1S/C19H19FN2OS/c20-15-5-6-18-16(11-15)17(8-10-24-18)21-19(23)22-9-7-13-3-1-2-4-14(13)12-22/h1-6,11,17H,7-10,12H2,(H,21,23). The van der Waals surface area contributed by atoms with Crippen molar-refractivity contribution < 1.29 is 9.18 Å². The van der Waals surface area contributed by atoms with E-state index in [0.29, 0.717) is 6.54 Å². The van der Waals surface area contributed by atoms with Crippen LogP contribution in [-0.4, -0.2) is 23.2 Å². The van der Waals surface area contributed by atoms with Crippen molar-refractivity contribution in [3.05, 3.63) is 65.0 Å². The summed E-state index contributed by atoms with van der Waals surface area (Å²) in [5.41, 5.74) is 3.43. The number of fused-ring (bicyclic) bond motifs is 2. The Morgan fingerprint density at radius 2 is 2.04 bits per heavy atom. The lowest BCUT2D eigenvalue weighted by molar-refractivity contribution is 0.187. The van der Waals surface area contributed by atoms with Gasteiger partial charge in [-0.2, -0.15) is 0 Å². The molecule has 2 aliphatic heterocycles. The molecule has 0 radical (unpaired) electrons. The molecule has 2 aromatic carbocycles. The summed E-state index contributed by atoms with van der Waals surface area (Å²) in [6, 6.07) is 12.9. The maximum atomic E-state index is 13.6. The first-order chi connectivity index (χ1) is 11.7. The van der Waals surface area contributed by atoms with Crippen molar-refractivity contribution in [2.45, 2.75) is 30.3 Å². The number of thioether (sulfide) groups is 1. The molecule has 24 heavy (non-hydrogen) atoms. The van der Waals surface area contributed by atoms with Crippen LogP contribution in [0.1, 0.15) is 29.2 Å². The van der Waals surface area contributed by atoms with E-state index in [1.807, 2.05) is 23.1 Å². The summed E-state index contributed by atoms with van der Waals surface area (Å²) in [5, 5.41) is 3.11. The first-order valence-electron chi connectivity index (χ1n) is 8.25. The van der Waals surface area contributed by atoms with Gasteiger partial charge in [0.05, 0.1) is 6.04 Å². The number of nitrogens with zero attached hydrogens (tertiary/aromatic N) is 1. The van der Waals surface area contributed by atoms with Gasteiger partial charge in [0, 0.05) is 23.7 Å². The molecule has 0 fully saturated rings. The molecule has 0 aliphatic carbocycles.